The number of rotatable bonds is 6. The number of nitrogens with zero attached hydrogens (tertiary/aromatic N) is 3. The molecule has 0 spiro atoms. The molecule has 23 heavy (non-hydrogen) atoms. The van der Waals surface area contributed by atoms with Crippen molar-refractivity contribution in [2.24, 2.45) is 0 Å². The summed E-state index contributed by atoms with van der Waals surface area (Å²) in [5.41, 5.74) is 0.826. The summed E-state index contributed by atoms with van der Waals surface area (Å²) < 4.78 is 17.6. The number of nitrogens with one attached hydrogen (secondary N) is 1. The second kappa shape index (κ2) is 7.09. The van der Waals surface area contributed by atoms with E-state index in [0.29, 0.717) is 17.5 Å². The molecule has 1 aromatic heterocycles. The van der Waals surface area contributed by atoms with E-state index < -0.39 is 7.14 Å². The van der Waals surface area contributed by atoms with Gasteiger partial charge in [0.15, 0.2) is 5.82 Å². The Bertz CT molecular complexity index is 717. The molecule has 1 heterocycles. The van der Waals surface area contributed by atoms with Crippen molar-refractivity contribution in [2.45, 2.75) is 25.5 Å². The topological polar surface area (TPSA) is 77.0 Å². The van der Waals surface area contributed by atoms with Gasteiger partial charge in [0.05, 0.1) is 19.8 Å². The van der Waals surface area contributed by atoms with Crippen molar-refractivity contribution in [3.05, 3.63) is 30.6 Å². The lowest BCUT2D eigenvalue weighted by molar-refractivity contribution is 0.416. The maximum atomic E-state index is 12.2. The number of anilines is 1. The molecule has 0 saturated carbocycles. The number of hydrogen-bond donors (Lipinski definition) is 1. The normalized spacial score (nSPS) is 14.1. The van der Waals surface area contributed by atoms with Crippen LogP contribution < -0.4 is 10.1 Å². The molecule has 0 radical (unpaired) electrons. The van der Waals surface area contributed by atoms with Gasteiger partial charge in [-0.05, 0) is 32.4 Å². The van der Waals surface area contributed by atoms with Crippen molar-refractivity contribution in [1.82, 2.24) is 15.0 Å². The van der Waals surface area contributed by atoms with Crippen LogP contribution in [0, 0.1) is 0 Å². The fourth-order valence-electron chi connectivity index (χ4n) is 2.19. The molecule has 0 fully saturated rings. The van der Waals surface area contributed by atoms with Crippen LogP contribution in [0.4, 0.5) is 5.95 Å². The van der Waals surface area contributed by atoms with E-state index in [0.717, 1.165) is 5.56 Å². The summed E-state index contributed by atoms with van der Waals surface area (Å²) in [6.45, 7) is 7.55. The molecule has 2 rings (SSSR count). The van der Waals surface area contributed by atoms with Crippen LogP contribution in [0.25, 0.3) is 11.4 Å². The van der Waals surface area contributed by atoms with Crippen LogP contribution in [0.15, 0.2) is 30.6 Å². The average molecular weight is 334 g/mol. The lowest BCUT2D eigenvalue weighted by Gasteiger charge is -2.24. The summed E-state index contributed by atoms with van der Waals surface area (Å²) in [7, 11) is -0.572. The van der Waals surface area contributed by atoms with Gasteiger partial charge in [-0.3, -0.25) is 0 Å². The summed E-state index contributed by atoms with van der Waals surface area (Å²) in [5, 5.41) is 3.22. The van der Waals surface area contributed by atoms with Gasteiger partial charge in [-0.25, -0.2) is 9.97 Å². The third kappa shape index (κ3) is 4.29. The van der Waals surface area contributed by atoms with E-state index in [4.69, 9.17) is 4.74 Å². The van der Waals surface area contributed by atoms with Gasteiger partial charge in [0, 0.05) is 11.7 Å². The van der Waals surface area contributed by atoms with Crippen molar-refractivity contribution in [2.75, 3.05) is 25.8 Å². The monoisotopic (exact) mass is 334 g/mol. The van der Waals surface area contributed by atoms with Crippen LogP contribution in [0.1, 0.15) is 13.8 Å². The van der Waals surface area contributed by atoms with E-state index in [1.54, 1.807) is 20.4 Å². The molecule has 0 aliphatic carbocycles. The molecule has 1 aromatic carbocycles. The fraction of sp³-hybridized carbons (Fsp3) is 0.438. The van der Waals surface area contributed by atoms with Crippen LogP contribution in [0.5, 0.6) is 5.75 Å². The highest BCUT2D eigenvalue weighted by atomic mass is 31.2. The zero-order chi connectivity index (χ0) is 17.0. The van der Waals surface area contributed by atoms with Crippen molar-refractivity contribution in [3.8, 4) is 17.1 Å². The maximum absolute atomic E-state index is 12.2. The SMILES string of the molecule is COc1ccccc1-c1ncnc(NC(C)[C@@H](C)P(C)(C)=O)n1. The predicted molar refractivity (Wildman–Crippen MR) is 93.8 cm³/mol. The molecule has 0 aliphatic heterocycles. The van der Waals surface area contributed by atoms with Gasteiger partial charge in [-0.2, -0.15) is 4.98 Å². The van der Waals surface area contributed by atoms with Crippen molar-refractivity contribution >= 4 is 13.1 Å². The molecule has 2 aromatic rings. The summed E-state index contributed by atoms with van der Waals surface area (Å²) in [6, 6.07) is 7.55. The third-order valence-electron chi connectivity index (χ3n) is 3.98. The molecule has 0 aliphatic rings. The molecule has 124 valence electrons. The zero-order valence-corrected chi connectivity index (χ0v) is 15.0. The number of benzene rings is 1. The summed E-state index contributed by atoms with van der Waals surface area (Å²) in [4.78, 5) is 12.8. The zero-order valence-electron chi connectivity index (χ0n) is 14.1. The molecule has 0 saturated heterocycles. The Hall–Kier alpha value is -1.94. The number of methoxy groups -OCH3 is 1. The largest absolute Gasteiger partial charge is 0.496 e. The summed E-state index contributed by atoms with van der Waals surface area (Å²) >= 11 is 0. The highest BCUT2D eigenvalue weighted by molar-refractivity contribution is 7.63. The molecule has 7 heteroatoms. The molecule has 1 N–H and O–H groups in total. The van der Waals surface area contributed by atoms with Gasteiger partial charge in [-0.15, -0.1) is 0 Å². The molecular weight excluding hydrogens is 311 g/mol. The lowest BCUT2D eigenvalue weighted by Crippen LogP contribution is -2.29. The molecule has 2 atom stereocenters. The molecule has 0 bridgehead atoms. The van der Waals surface area contributed by atoms with Crippen LogP contribution in [0.2, 0.25) is 0 Å². The number of ether oxygens (including phenoxy) is 1. The Morgan fingerprint density at radius 3 is 2.52 bits per heavy atom. The van der Waals surface area contributed by atoms with E-state index in [1.165, 1.54) is 6.33 Å². The third-order valence-corrected chi connectivity index (χ3v) is 6.39. The molecule has 6 nitrogen and oxygen atoms in total. The Morgan fingerprint density at radius 2 is 1.87 bits per heavy atom. The minimum Gasteiger partial charge on any atom is -0.496 e. The van der Waals surface area contributed by atoms with Gasteiger partial charge < -0.3 is 14.6 Å². The first kappa shape index (κ1) is 17.4. The predicted octanol–water partition coefficient (Wildman–Crippen LogP) is 3.36. The Labute approximate surface area is 137 Å². The lowest BCUT2D eigenvalue weighted by atomic mass is 10.2. The minimum atomic E-state index is -2.19. The van der Waals surface area contributed by atoms with Gasteiger partial charge in [-0.1, -0.05) is 19.1 Å². The van der Waals surface area contributed by atoms with E-state index >= 15 is 0 Å². The maximum Gasteiger partial charge on any atom is 0.226 e. The first-order valence-electron chi connectivity index (χ1n) is 7.46. The van der Waals surface area contributed by atoms with Gasteiger partial charge in [0.2, 0.25) is 5.95 Å². The number of para-hydroxylation sites is 1. The van der Waals surface area contributed by atoms with Gasteiger partial charge in [0.1, 0.15) is 12.1 Å². The Balaban J connectivity index is 2.25. The van der Waals surface area contributed by atoms with Crippen LogP contribution in [-0.4, -0.2) is 47.1 Å². The highest BCUT2D eigenvalue weighted by Crippen LogP contribution is 2.44. The number of hydrogen-bond acceptors (Lipinski definition) is 6. The first-order valence-corrected chi connectivity index (χ1v) is 10.1. The fourth-order valence-corrected chi connectivity index (χ4v) is 3.34. The van der Waals surface area contributed by atoms with Gasteiger partial charge >= 0.3 is 0 Å². The quantitative estimate of drug-likeness (QED) is 0.816. The Kier molecular flexibility index (Phi) is 5.37. The van der Waals surface area contributed by atoms with E-state index in [1.807, 2.05) is 38.1 Å². The van der Waals surface area contributed by atoms with E-state index in [2.05, 4.69) is 20.3 Å². The molecular formula is C16H23N4O2P. The smallest absolute Gasteiger partial charge is 0.226 e. The highest BCUT2D eigenvalue weighted by Gasteiger charge is 2.24. The first-order chi connectivity index (χ1) is 10.8. The van der Waals surface area contributed by atoms with E-state index in [-0.39, 0.29) is 11.7 Å². The minimum absolute atomic E-state index is 0.0104. The molecule has 1 unspecified atom stereocenters. The summed E-state index contributed by atoms with van der Waals surface area (Å²) in [5.74, 6) is 1.71. The van der Waals surface area contributed by atoms with Crippen LogP contribution in [0.3, 0.4) is 0 Å². The second-order valence-electron chi connectivity index (χ2n) is 5.94. The van der Waals surface area contributed by atoms with Crippen molar-refractivity contribution in [1.29, 1.82) is 0 Å². The molecule has 0 amide bonds. The van der Waals surface area contributed by atoms with Crippen LogP contribution in [-0.2, 0) is 4.57 Å². The van der Waals surface area contributed by atoms with Crippen molar-refractivity contribution in [3.63, 3.8) is 0 Å². The van der Waals surface area contributed by atoms with Gasteiger partial charge in [0.25, 0.3) is 0 Å². The van der Waals surface area contributed by atoms with Crippen LogP contribution >= 0.6 is 7.14 Å². The standard InChI is InChI=1S/C16H23N4O2P/c1-11(12(2)23(4,5)21)19-16-18-10-17-15(20-16)13-8-6-7-9-14(13)22-3/h6-12H,1-5H3,(H,17,18,19,20)/t11?,12-/m1/s1. The summed E-state index contributed by atoms with van der Waals surface area (Å²) in [6.07, 6.45) is 1.46. The van der Waals surface area contributed by atoms with E-state index in [9.17, 15) is 4.57 Å². The second-order valence-corrected chi connectivity index (χ2v) is 9.62. The van der Waals surface area contributed by atoms with Crippen molar-refractivity contribution < 1.29 is 9.30 Å². The number of aromatic nitrogens is 3. The Morgan fingerprint density at radius 1 is 1.17 bits per heavy atom. The average Bonchev–Trinajstić information content (AvgIpc) is 2.53.